The van der Waals surface area contributed by atoms with Gasteiger partial charge in [0.15, 0.2) is 5.17 Å². The topological polar surface area (TPSA) is 41.9 Å². The summed E-state index contributed by atoms with van der Waals surface area (Å²) in [5, 5.41) is 0.874. The lowest BCUT2D eigenvalue weighted by Gasteiger charge is -2.20. The van der Waals surface area contributed by atoms with Crippen LogP contribution in [-0.4, -0.2) is 35.7 Å². The van der Waals surface area contributed by atoms with Crippen molar-refractivity contribution in [1.82, 2.24) is 4.90 Å². The number of unbranched alkanes of at least 4 members (excludes halogenated alkanes) is 2. The van der Waals surface area contributed by atoms with Crippen LogP contribution in [0.5, 0.6) is 5.75 Å². The van der Waals surface area contributed by atoms with Gasteiger partial charge in [-0.05, 0) is 54.8 Å². The third-order valence-electron chi connectivity index (χ3n) is 4.68. The maximum atomic E-state index is 12.3. The molecule has 0 aromatic heterocycles. The van der Waals surface area contributed by atoms with E-state index >= 15 is 0 Å². The van der Waals surface area contributed by atoms with Gasteiger partial charge in [0.2, 0.25) is 0 Å². The molecule has 0 saturated carbocycles. The second-order valence-corrected chi connectivity index (χ2v) is 7.85. The zero-order valence-electron chi connectivity index (χ0n) is 15.6. The first-order chi connectivity index (χ1) is 12.8. The Labute approximate surface area is 160 Å². The predicted octanol–water partition coefficient (Wildman–Crippen LogP) is 5.10. The number of aliphatic imine (C=N–C) groups is 1. The van der Waals surface area contributed by atoms with Crippen LogP contribution in [0.3, 0.4) is 0 Å². The third kappa shape index (κ3) is 5.37. The summed E-state index contributed by atoms with van der Waals surface area (Å²) < 4.78 is 5.74. The summed E-state index contributed by atoms with van der Waals surface area (Å²) in [6.07, 6.45) is 10.3. The van der Waals surface area contributed by atoms with Crippen molar-refractivity contribution in [2.75, 3.05) is 19.7 Å². The summed E-state index contributed by atoms with van der Waals surface area (Å²) in [7, 11) is 0. The van der Waals surface area contributed by atoms with Crippen molar-refractivity contribution < 1.29 is 9.53 Å². The zero-order chi connectivity index (χ0) is 18.2. The molecule has 0 atom stereocenters. The molecule has 0 N–H and O–H groups in total. The normalized spacial score (nSPS) is 19.6. The van der Waals surface area contributed by atoms with Crippen molar-refractivity contribution >= 4 is 28.9 Å². The Bertz CT molecular complexity index is 659. The van der Waals surface area contributed by atoms with E-state index in [1.165, 1.54) is 50.3 Å². The third-order valence-corrected chi connectivity index (χ3v) is 5.72. The Kier molecular flexibility index (Phi) is 7.18. The van der Waals surface area contributed by atoms with E-state index in [1.54, 1.807) is 0 Å². The fraction of sp³-hybridized carbons (Fsp3) is 0.524. The molecule has 5 heteroatoms. The molecule has 2 aliphatic heterocycles. The molecule has 4 nitrogen and oxygen atoms in total. The van der Waals surface area contributed by atoms with Crippen molar-refractivity contribution in [3.8, 4) is 5.75 Å². The van der Waals surface area contributed by atoms with Crippen molar-refractivity contribution in [2.45, 2.75) is 51.9 Å². The molecule has 0 unspecified atom stereocenters. The number of hydrogen-bond donors (Lipinski definition) is 0. The first-order valence-electron chi connectivity index (χ1n) is 9.76. The van der Waals surface area contributed by atoms with Gasteiger partial charge in [0.05, 0.1) is 11.5 Å². The average molecular weight is 373 g/mol. The monoisotopic (exact) mass is 372 g/mol. The molecule has 1 saturated heterocycles. The molecule has 1 amide bonds. The number of rotatable bonds is 6. The fourth-order valence-corrected chi connectivity index (χ4v) is 4.11. The lowest BCUT2D eigenvalue weighted by Crippen LogP contribution is -2.28. The summed E-state index contributed by atoms with van der Waals surface area (Å²) in [6, 6.07) is 7.94. The molecule has 1 aromatic carbocycles. The highest BCUT2D eigenvalue weighted by Gasteiger charge is 2.26. The van der Waals surface area contributed by atoms with Gasteiger partial charge in [-0.25, -0.2) is 0 Å². The smallest absolute Gasteiger partial charge is 0.286 e. The Morgan fingerprint density at radius 2 is 1.85 bits per heavy atom. The Hall–Kier alpha value is -1.75. The first-order valence-corrected chi connectivity index (χ1v) is 10.6. The molecule has 3 rings (SSSR count). The van der Waals surface area contributed by atoms with Crippen molar-refractivity contribution in [2.24, 2.45) is 4.99 Å². The summed E-state index contributed by atoms with van der Waals surface area (Å²) in [4.78, 5) is 19.5. The number of carbonyl (C=O) groups excluding carboxylic acids is 1. The molecule has 0 bridgehead atoms. The molecule has 0 radical (unpaired) electrons. The number of benzene rings is 1. The van der Waals surface area contributed by atoms with Gasteiger partial charge in [0, 0.05) is 13.1 Å². The highest BCUT2D eigenvalue weighted by atomic mass is 32.2. The Morgan fingerprint density at radius 3 is 2.54 bits per heavy atom. The van der Waals surface area contributed by atoms with Crippen LogP contribution in [-0.2, 0) is 4.79 Å². The minimum Gasteiger partial charge on any atom is -0.494 e. The number of hydrogen-bond acceptors (Lipinski definition) is 4. The number of thioether (sulfide) groups is 1. The molecule has 0 spiro atoms. The Balaban J connectivity index is 1.57. The van der Waals surface area contributed by atoms with Crippen LogP contribution in [0.25, 0.3) is 6.08 Å². The van der Waals surface area contributed by atoms with E-state index in [1.807, 2.05) is 30.3 Å². The number of ether oxygens (including phenoxy) is 1. The van der Waals surface area contributed by atoms with Crippen molar-refractivity contribution in [3.63, 3.8) is 0 Å². The summed E-state index contributed by atoms with van der Waals surface area (Å²) in [5.41, 5.74) is 1.01. The van der Waals surface area contributed by atoms with Crippen LogP contribution in [0.15, 0.2) is 34.2 Å². The van der Waals surface area contributed by atoms with Crippen LogP contribution in [0.2, 0.25) is 0 Å². The van der Waals surface area contributed by atoms with Gasteiger partial charge in [-0.2, -0.15) is 4.99 Å². The minimum absolute atomic E-state index is 0.117. The SMILES string of the molecule is CCCCCOc1ccc(C=C2SC(N3CCCCCC3)=NC2=O)cc1. The zero-order valence-corrected chi connectivity index (χ0v) is 16.4. The van der Waals surface area contributed by atoms with E-state index in [4.69, 9.17) is 4.74 Å². The maximum Gasteiger partial charge on any atom is 0.286 e. The van der Waals surface area contributed by atoms with E-state index in [-0.39, 0.29) is 5.91 Å². The minimum atomic E-state index is -0.117. The van der Waals surface area contributed by atoms with E-state index in [2.05, 4.69) is 16.8 Å². The maximum absolute atomic E-state index is 12.3. The van der Waals surface area contributed by atoms with Gasteiger partial charge in [-0.15, -0.1) is 0 Å². The van der Waals surface area contributed by atoms with Crippen LogP contribution < -0.4 is 4.74 Å². The van der Waals surface area contributed by atoms with Crippen LogP contribution in [0, 0.1) is 0 Å². The summed E-state index contributed by atoms with van der Waals surface area (Å²) in [6.45, 7) is 4.97. The molecule has 0 aliphatic carbocycles. The second-order valence-electron chi connectivity index (χ2n) is 6.84. The molecule has 26 heavy (non-hydrogen) atoms. The molecular weight excluding hydrogens is 344 g/mol. The largest absolute Gasteiger partial charge is 0.494 e. The van der Waals surface area contributed by atoms with Crippen LogP contribution >= 0.6 is 11.8 Å². The van der Waals surface area contributed by atoms with Crippen LogP contribution in [0.1, 0.15) is 57.4 Å². The highest BCUT2D eigenvalue weighted by molar-refractivity contribution is 8.18. The number of carbonyl (C=O) groups is 1. The molecule has 1 fully saturated rings. The van der Waals surface area contributed by atoms with Gasteiger partial charge in [0.25, 0.3) is 5.91 Å². The van der Waals surface area contributed by atoms with Gasteiger partial charge < -0.3 is 9.64 Å². The molecule has 2 aliphatic rings. The predicted molar refractivity (Wildman–Crippen MR) is 110 cm³/mol. The summed E-state index contributed by atoms with van der Waals surface area (Å²) >= 11 is 1.51. The second kappa shape index (κ2) is 9.81. The molecular formula is C21H28N2O2S. The van der Waals surface area contributed by atoms with E-state index in [9.17, 15) is 4.79 Å². The lowest BCUT2D eigenvalue weighted by molar-refractivity contribution is -0.113. The van der Waals surface area contributed by atoms with Gasteiger partial charge >= 0.3 is 0 Å². The number of likely N-dealkylation sites (tertiary alicyclic amines) is 1. The fourth-order valence-electron chi connectivity index (χ4n) is 3.15. The van der Waals surface area contributed by atoms with E-state index < -0.39 is 0 Å². The highest BCUT2D eigenvalue weighted by Crippen LogP contribution is 2.31. The lowest BCUT2D eigenvalue weighted by atomic mass is 10.2. The van der Waals surface area contributed by atoms with Gasteiger partial charge in [-0.3, -0.25) is 4.79 Å². The van der Waals surface area contributed by atoms with Gasteiger partial charge in [-0.1, -0.05) is 44.7 Å². The number of amidine groups is 1. The van der Waals surface area contributed by atoms with E-state index in [0.29, 0.717) is 4.91 Å². The summed E-state index contributed by atoms with van der Waals surface area (Å²) in [5.74, 6) is 0.768. The Morgan fingerprint density at radius 1 is 1.12 bits per heavy atom. The van der Waals surface area contributed by atoms with Crippen LogP contribution in [0.4, 0.5) is 0 Å². The molecule has 140 valence electrons. The first kappa shape index (κ1) is 19.0. The average Bonchev–Trinajstić information content (AvgIpc) is 2.86. The van der Waals surface area contributed by atoms with Crippen molar-refractivity contribution in [1.29, 1.82) is 0 Å². The number of nitrogens with zero attached hydrogens (tertiary/aromatic N) is 2. The molecule has 1 aromatic rings. The molecule has 2 heterocycles. The van der Waals surface area contributed by atoms with Gasteiger partial charge in [0.1, 0.15) is 5.75 Å². The standard InChI is InChI=1S/C21H28N2O2S/c1-2-3-8-15-25-18-11-9-17(10-12-18)16-19-20(24)22-21(26-19)23-13-6-4-5-7-14-23/h9-12,16H,2-8,13-15H2,1H3. The number of amides is 1. The van der Waals surface area contributed by atoms with Crippen molar-refractivity contribution in [3.05, 3.63) is 34.7 Å². The quantitative estimate of drug-likeness (QED) is 0.514. The van der Waals surface area contributed by atoms with E-state index in [0.717, 1.165) is 42.6 Å².